The third kappa shape index (κ3) is 2.78. The molecule has 3 aromatic rings. The van der Waals surface area contributed by atoms with Crippen molar-refractivity contribution in [2.24, 2.45) is 0 Å². The second-order valence-corrected chi connectivity index (χ2v) is 7.46. The van der Waals surface area contributed by atoms with Gasteiger partial charge < -0.3 is 19.4 Å². The molecule has 0 spiro atoms. The van der Waals surface area contributed by atoms with Crippen LogP contribution in [0.3, 0.4) is 0 Å². The van der Waals surface area contributed by atoms with Crippen molar-refractivity contribution < 1.29 is 14.3 Å². The summed E-state index contributed by atoms with van der Waals surface area (Å²) in [6, 6.07) is 9.71. The van der Waals surface area contributed by atoms with Gasteiger partial charge in [0.25, 0.3) is 5.91 Å². The third-order valence-corrected chi connectivity index (χ3v) is 5.40. The van der Waals surface area contributed by atoms with Crippen molar-refractivity contribution in [3.05, 3.63) is 54.0 Å². The second-order valence-electron chi connectivity index (χ2n) is 7.46. The van der Waals surface area contributed by atoms with Gasteiger partial charge in [-0.15, -0.1) is 0 Å². The summed E-state index contributed by atoms with van der Waals surface area (Å²) in [5.41, 5.74) is 4.54. The zero-order chi connectivity index (χ0) is 20.8. The van der Waals surface area contributed by atoms with E-state index in [9.17, 15) is 4.79 Å². The molecule has 1 N–H and O–H groups in total. The number of aromatic nitrogens is 2. The number of ether oxygens (including phenoxy) is 2. The molecular formula is C23H25N3O3. The van der Waals surface area contributed by atoms with Crippen molar-refractivity contribution >= 4 is 5.91 Å². The molecule has 4 rings (SSSR count). The van der Waals surface area contributed by atoms with E-state index in [4.69, 9.17) is 9.47 Å². The van der Waals surface area contributed by atoms with Crippen LogP contribution in [0.25, 0.3) is 22.4 Å². The van der Waals surface area contributed by atoms with E-state index < -0.39 is 5.60 Å². The minimum absolute atomic E-state index is 0.145. The molecule has 2 aromatic heterocycles. The van der Waals surface area contributed by atoms with Gasteiger partial charge in [0.2, 0.25) is 0 Å². The van der Waals surface area contributed by atoms with E-state index in [1.807, 2.05) is 51.1 Å². The van der Waals surface area contributed by atoms with Gasteiger partial charge in [0.15, 0.2) is 0 Å². The van der Waals surface area contributed by atoms with Gasteiger partial charge in [0.1, 0.15) is 22.8 Å². The van der Waals surface area contributed by atoms with Crippen LogP contribution in [-0.2, 0) is 12.1 Å². The fourth-order valence-corrected chi connectivity index (χ4v) is 4.25. The minimum atomic E-state index is -0.662. The molecule has 0 atom stereocenters. The SMILES string of the molecule is CCn1c(C(=O)NC)c(-c2ccccc2OC)c2c1-c1ccncc1OC2(C)C. The zero-order valence-corrected chi connectivity index (χ0v) is 17.4. The highest BCUT2D eigenvalue weighted by atomic mass is 16.5. The summed E-state index contributed by atoms with van der Waals surface area (Å²) >= 11 is 0. The third-order valence-electron chi connectivity index (χ3n) is 5.40. The number of benzene rings is 1. The van der Waals surface area contributed by atoms with E-state index in [-0.39, 0.29) is 5.91 Å². The molecule has 0 aliphatic carbocycles. The highest BCUT2D eigenvalue weighted by molar-refractivity contribution is 6.04. The first-order valence-corrected chi connectivity index (χ1v) is 9.70. The van der Waals surface area contributed by atoms with Crippen molar-refractivity contribution in [2.75, 3.05) is 14.2 Å². The van der Waals surface area contributed by atoms with Crippen LogP contribution in [0.2, 0.25) is 0 Å². The Hall–Kier alpha value is -3.28. The van der Waals surface area contributed by atoms with Gasteiger partial charge in [-0.25, -0.2) is 0 Å². The number of carbonyl (C=O) groups excluding carboxylic acids is 1. The molecule has 6 heteroatoms. The van der Waals surface area contributed by atoms with Crippen LogP contribution < -0.4 is 14.8 Å². The Bertz CT molecular complexity index is 1100. The smallest absolute Gasteiger partial charge is 0.268 e. The number of hydrogen-bond acceptors (Lipinski definition) is 4. The first-order valence-electron chi connectivity index (χ1n) is 9.70. The van der Waals surface area contributed by atoms with Crippen LogP contribution >= 0.6 is 0 Å². The monoisotopic (exact) mass is 391 g/mol. The van der Waals surface area contributed by atoms with Gasteiger partial charge in [-0.2, -0.15) is 0 Å². The quantitative estimate of drug-likeness (QED) is 0.723. The maximum absolute atomic E-state index is 13.1. The molecule has 0 bridgehead atoms. The van der Waals surface area contributed by atoms with Crippen molar-refractivity contribution in [3.8, 4) is 33.9 Å². The fourth-order valence-electron chi connectivity index (χ4n) is 4.25. The van der Waals surface area contributed by atoms with Gasteiger partial charge >= 0.3 is 0 Å². The van der Waals surface area contributed by atoms with E-state index in [2.05, 4.69) is 14.9 Å². The van der Waals surface area contributed by atoms with Crippen LogP contribution in [0.1, 0.15) is 36.8 Å². The van der Waals surface area contributed by atoms with E-state index in [0.717, 1.165) is 27.9 Å². The van der Waals surface area contributed by atoms with Crippen LogP contribution in [0.4, 0.5) is 0 Å². The molecule has 6 nitrogen and oxygen atoms in total. The number of para-hydroxylation sites is 1. The fraction of sp³-hybridized carbons (Fsp3) is 0.304. The number of hydrogen-bond donors (Lipinski definition) is 1. The normalized spacial score (nSPS) is 13.8. The van der Waals surface area contributed by atoms with Crippen LogP contribution in [0, 0.1) is 0 Å². The number of fused-ring (bicyclic) bond motifs is 3. The van der Waals surface area contributed by atoms with E-state index >= 15 is 0 Å². The number of amides is 1. The topological polar surface area (TPSA) is 65.4 Å². The van der Waals surface area contributed by atoms with Gasteiger partial charge in [0.05, 0.1) is 19.0 Å². The molecular weight excluding hydrogens is 366 g/mol. The van der Waals surface area contributed by atoms with Gasteiger partial charge in [-0.05, 0) is 32.9 Å². The standard InChI is InChI=1S/C23H25N3O3/c1-6-26-20-15-11-12-25-13-17(15)29-23(2,3)19(20)18(21(26)22(27)24-4)14-9-7-8-10-16(14)28-5/h7-13H,6H2,1-5H3,(H,24,27). The summed E-state index contributed by atoms with van der Waals surface area (Å²) in [6.07, 6.45) is 3.48. The molecule has 0 fully saturated rings. The molecule has 29 heavy (non-hydrogen) atoms. The van der Waals surface area contributed by atoms with Crippen molar-refractivity contribution in [3.63, 3.8) is 0 Å². The lowest BCUT2D eigenvalue weighted by atomic mass is 9.85. The average molecular weight is 391 g/mol. The summed E-state index contributed by atoms with van der Waals surface area (Å²) in [5.74, 6) is 1.28. The van der Waals surface area contributed by atoms with E-state index in [0.29, 0.717) is 23.7 Å². The maximum atomic E-state index is 13.1. The molecule has 0 saturated carbocycles. The number of rotatable bonds is 4. The summed E-state index contributed by atoms with van der Waals surface area (Å²) in [6.45, 7) is 6.72. The Balaban J connectivity index is 2.20. The van der Waals surface area contributed by atoms with Gasteiger partial charge in [-0.3, -0.25) is 9.78 Å². The minimum Gasteiger partial charge on any atom is -0.496 e. The Morgan fingerprint density at radius 3 is 2.69 bits per heavy atom. The number of nitrogens with one attached hydrogen (secondary N) is 1. The summed E-state index contributed by atoms with van der Waals surface area (Å²) < 4.78 is 14.1. The lowest BCUT2D eigenvalue weighted by molar-refractivity contribution is 0.0955. The summed E-state index contributed by atoms with van der Waals surface area (Å²) in [7, 11) is 3.30. The van der Waals surface area contributed by atoms with E-state index in [1.165, 1.54) is 0 Å². The second kappa shape index (κ2) is 6.95. The molecule has 3 heterocycles. The van der Waals surface area contributed by atoms with Crippen molar-refractivity contribution in [1.82, 2.24) is 14.9 Å². The average Bonchev–Trinajstić information content (AvgIpc) is 3.09. The van der Waals surface area contributed by atoms with Crippen molar-refractivity contribution in [2.45, 2.75) is 32.9 Å². The van der Waals surface area contributed by atoms with Crippen molar-refractivity contribution in [1.29, 1.82) is 0 Å². The van der Waals surface area contributed by atoms with Crippen LogP contribution in [0.5, 0.6) is 11.5 Å². The molecule has 0 unspecified atom stereocenters. The highest BCUT2D eigenvalue weighted by Crippen LogP contribution is 2.52. The van der Waals surface area contributed by atoms with Gasteiger partial charge in [-0.1, -0.05) is 18.2 Å². The Kier molecular flexibility index (Phi) is 4.57. The molecule has 1 aliphatic rings. The van der Waals surface area contributed by atoms with Crippen LogP contribution in [-0.4, -0.2) is 29.6 Å². The lowest BCUT2D eigenvalue weighted by Gasteiger charge is -2.34. The van der Waals surface area contributed by atoms with Gasteiger partial charge in [0, 0.05) is 42.0 Å². The Labute approximate surface area is 170 Å². The largest absolute Gasteiger partial charge is 0.496 e. The van der Waals surface area contributed by atoms with Crippen LogP contribution in [0.15, 0.2) is 42.7 Å². The number of carbonyl (C=O) groups is 1. The number of pyridine rings is 1. The first-order chi connectivity index (χ1) is 13.9. The first kappa shape index (κ1) is 19.1. The predicted molar refractivity (Wildman–Crippen MR) is 112 cm³/mol. The highest BCUT2D eigenvalue weighted by Gasteiger charge is 2.42. The summed E-state index contributed by atoms with van der Waals surface area (Å²) in [5, 5.41) is 2.81. The lowest BCUT2D eigenvalue weighted by Crippen LogP contribution is -2.30. The molecule has 0 saturated heterocycles. The molecule has 1 aromatic carbocycles. The number of methoxy groups -OCH3 is 1. The zero-order valence-electron chi connectivity index (χ0n) is 17.4. The predicted octanol–water partition coefficient (Wildman–Crippen LogP) is 4.23. The Morgan fingerprint density at radius 1 is 1.24 bits per heavy atom. The Morgan fingerprint density at radius 2 is 2.00 bits per heavy atom. The summed E-state index contributed by atoms with van der Waals surface area (Å²) in [4.78, 5) is 17.3. The molecule has 150 valence electrons. The molecule has 1 aliphatic heterocycles. The number of nitrogens with zero attached hydrogens (tertiary/aromatic N) is 2. The maximum Gasteiger partial charge on any atom is 0.268 e. The van der Waals surface area contributed by atoms with E-state index in [1.54, 1.807) is 26.6 Å². The molecule has 0 radical (unpaired) electrons. The molecule has 1 amide bonds.